The van der Waals surface area contributed by atoms with Crippen LogP contribution in [-0.2, 0) is 6.42 Å². The number of rotatable bonds is 3. The summed E-state index contributed by atoms with van der Waals surface area (Å²) in [5, 5.41) is 19.4. The molecular weight excluding hydrogens is 204 g/mol. The van der Waals surface area contributed by atoms with Crippen molar-refractivity contribution in [3.05, 3.63) is 38.9 Å². The Bertz CT molecular complexity index is 398. The molecule has 1 rings (SSSR count). The van der Waals surface area contributed by atoms with Crippen LogP contribution in [0.2, 0.25) is 5.02 Å². The van der Waals surface area contributed by atoms with Gasteiger partial charge in [-0.15, -0.1) is 0 Å². The first kappa shape index (κ1) is 10.5. The Morgan fingerprint density at radius 3 is 2.86 bits per heavy atom. The van der Waals surface area contributed by atoms with Gasteiger partial charge in [-0.1, -0.05) is 11.6 Å². The number of hydrogen-bond acceptors (Lipinski definition) is 3. The molecule has 0 fully saturated rings. The lowest BCUT2D eigenvalue weighted by Gasteiger charge is -2.00. The van der Waals surface area contributed by atoms with Crippen molar-refractivity contribution in [3.8, 4) is 6.07 Å². The van der Waals surface area contributed by atoms with Crippen LogP contribution in [0.1, 0.15) is 12.0 Å². The van der Waals surface area contributed by atoms with E-state index >= 15 is 0 Å². The van der Waals surface area contributed by atoms with E-state index in [1.165, 1.54) is 18.2 Å². The van der Waals surface area contributed by atoms with Crippen molar-refractivity contribution in [1.82, 2.24) is 0 Å². The van der Waals surface area contributed by atoms with Crippen LogP contribution < -0.4 is 0 Å². The lowest BCUT2D eigenvalue weighted by atomic mass is 10.1. The fourth-order valence-electron chi connectivity index (χ4n) is 1.12. The molecule has 0 aliphatic carbocycles. The van der Waals surface area contributed by atoms with Crippen LogP contribution in [0.4, 0.5) is 5.69 Å². The maximum absolute atomic E-state index is 10.6. The number of benzene rings is 1. The minimum atomic E-state index is -0.469. The lowest BCUT2D eigenvalue weighted by Crippen LogP contribution is -1.95. The van der Waals surface area contributed by atoms with E-state index in [2.05, 4.69) is 0 Å². The van der Waals surface area contributed by atoms with Crippen molar-refractivity contribution in [2.45, 2.75) is 12.8 Å². The lowest BCUT2D eigenvalue weighted by molar-refractivity contribution is -0.385. The maximum atomic E-state index is 10.6. The Balaban J connectivity index is 3.04. The predicted molar refractivity (Wildman–Crippen MR) is 52.0 cm³/mol. The Hall–Kier alpha value is -1.60. The molecule has 0 aromatic heterocycles. The molecule has 1 aromatic rings. The van der Waals surface area contributed by atoms with Gasteiger partial charge in [-0.05, 0) is 18.6 Å². The van der Waals surface area contributed by atoms with E-state index in [0.717, 1.165) is 0 Å². The average molecular weight is 211 g/mol. The van der Waals surface area contributed by atoms with Crippen molar-refractivity contribution in [2.75, 3.05) is 0 Å². The number of nitrogens with zero attached hydrogens (tertiary/aromatic N) is 2. The van der Waals surface area contributed by atoms with E-state index in [4.69, 9.17) is 16.9 Å². The molecule has 0 atom stereocenters. The van der Waals surface area contributed by atoms with E-state index in [9.17, 15) is 10.1 Å². The second-order valence-corrected chi connectivity index (χ2v) is 3.12. The molecule has 5 heteroatoms. The smallest absolute Gasteiger partial charge is 0.258 e. The van der Waals surface area contributed by atoms with E-state index < -0.39 is 4.92 Å². The van der Waals surface area contributed by atoms with Crippen molar-refractivity contribution < 1.29 is 4.92 Å². The molecule has 14 heavy (non-hydrogen) atoms. The number of nitriles is 1. The highest BCUT2D eigenvalue weighted by molar-refractivity contribution is 6.30. The summed E-state index contributed by atoms with van der Waals surface area (Å²) in [5.74, 6) is 0. The Kier molecular flexibility index (Phi) is 3.43. The van der Waals surface area contributed by atoms with Gasteiger partial charge in [0.2, 0.25) is 0 Å². The molecule has 0 saturated heterocycles. The van der Waals surface area contributed by atoms with Gasteiger partial charge in [0.05, 0.1) is 11.0 Å². The number of halogens is 1. The number of nitro groups is 1. The monoisotopic (exact) mass is 210 g/mol. The van der Waals surface area contributed by atoms with Gasteiger partial charge in [0.1, 0.15) is 0 Å². The summed E-state index contributed by atoms with van der Waals surface area (Å²) in [6.07, 6.45) is 0.606. The molecule has 4 nitrogen and oxygen atoms in total. The van der Waals surface area contributed by atoms with Crippen LogP contribution in [0, 0.1) is 21.4 Å². The van der Waals surface area contributed by atoms with Gasteiger partial charge in [-0.2, -0.15) is 5.26 Å². The standard InChI is InChI=1S/C9H7ClN2O2/c10-8-3-4-9(12(13)14)7(6-8)2-1-5-11/h3-4,6H,1-2H2. The zero-order chi connectivity index (χ0) is 10.6. The Morgan fingerprint density at radius 2 is 2.29 bits per heavy atom. The molecule has 0 saturated carbocycles. The van der Waals surface area contributed by atoms with Crippen LogP contribution >= 0.6 is 11.6 Å². The normalized spacial score (nSPS) is 9.43. The topological polar surface area (TPSA) is 66.9 Å². The first-order valence-electron chi connectivity index (χ1n) is 3.95. The van der Waals surface area contributed by atoms with E-state index in [1.54, 1.807) is 0 Å². The van der Waals surface area contributed by atoms with Crippen LogP contribution in [0.25, 0.3) is 0 Å². The highest BCUT2D eigenvalue weighted by Gasteiger charge is 2.12. The summed E-state index contributed by atoms with van der Waals surface area (Å²) in [5.41, 5.74) is 0.522. The predicted octanol–water partition coefficient (Wildman–Crippen LogP) is 2.70. The van der Waals surface area contributed by atoms with Crippen molar-refractivity contribution in [3.63, 3.8) is 0 Å². The summed E-state index contributed by atoms with van der Waals surface area (Å²) in [6.45, 7) is 0. The summed E-state index contributed by atoms with van der Waals surface area (Å²) in [4.78, 5) is 10.1. The second-order valence-electron chi connectivity index (χ2n) is 2.69. The fraction of sp³-hybridized carbons (Fsp3) is 0.222. The third-order valence-electron chi connectivity index (χ3n) is 1.74. The minimum absolute atomic E-state index is 0.0182. The fourth-order valence-corrected chi connectivity index (χ4v) is 1.32. The molecule has 0 aliphatic heterocycles. The van der Waals surface area contributed by atoms with E-state index in [-0.39, 0.29) is 12.1 Å². The van der Waals surface area contributed by atoms with Crippen molar-refractivity contribution in [1.29, 1.82) is 5.26 Å². The number of aryl methyl sites for hydroxylation is 1. The van der Waals surface area contributed by atoms with Gasteiger partial charge in [-0.25, -0.2) is 0 Å². The van der Waals surface area contributed by atoms with Crippen molar-refractivity contribution >= 4 is 17.3 Å². The van der Waals surface area contributed by atoms with Gasteiger partial charge < -0.3 is 0 Å². The largest absolute Gasteiger partial charge is 0.272 e. The highest BCUT2D eigenvalue weighted by atomic mass is 35.5. The van der Waals surface area contributed by atoms with Crippen LogP contribution in [0.15, 0.2) is 18.2 Å². The van der Waals surface area contributed by atoms with E-state index in [1.807, 2.05) is 6.07 Å². The van der Waals surface area contributed by atoms with Crippen LogP contribution in [0.5, 0.6) is 0 Å². The summed E-state index contributed by atoms with van der Waals surface area (Å²) in [6, 6.07) is 6.28. The third kappa shape index (κ3) is 2.44. The molecular formula is C9H7ClN2O2. The highest BCUT2D eigenvalue weighted by Crippen LogP contribution is 2.23. The minimum Gasteiger partial charge on any atom is -0.258 e. The second kappa shape index (κ2) is 4.58. The molecule has 0 unspecified atom stereocenters. The SMILES string of the molecule is N#CCCc1cc(Cl)ccc1[N+](=O)[O-]. The van der Waals surface area contributed by atoms with Gasteiger partial charge in [-0.3, -0.25) is 10.1 Å². The van der Waals surface area contributed by atoms with Crippen LogP contribution in [0.3, 0.4) is 0 Å². The van der Waals surface area contributed by atoms with Gasteiger partial charge in [0.25, 0.3) is 5.69 Å². The first-order valence-corrected chi connectivity index (χ1v) is 4.32. The molecule has 72 valence electrons. The molecule has 0 N–H and O–H groups in total. The van der Waals surface area contributed by atoms with E-state index in [0.29, 0.717) is 17.0 Å². The molecule has 0 spiro atoms. The molecule has 0 heterocycles. The molecule has 0 radical (unpaired) electrons. The zero-order valence-corrected chi connectivity index (χ0v) is 7.99. The molecule has 1 aromatic carbocycles. The van der Waals surface area contributed by atoms with Gasteiger partial charge in [0.15, 0.2) is 0 Å². The molecule has 0 aliphatic rings. The molecule has 0 amide bonds. The van der Waals surface area contributed by atoms with Crippen molar-refractivity contribution in [2.24, 2.45) is 0 Å². The summed E-state index contributed by atoms with van der Waals surface area (Å²) in [7, 11) is 0. The first-order chi connectivity index (χ1) is 6.65. The number of hydrogen-bond donors (Lipinski definition) is 0. The Labute approximate surface area is 85.9 Å². The van der Waals surface area contributed by atoms with Gasteiger partial charge >= 0.3 is 0 Å². The van der Waals surface area contributed by atoms with Crippen LogP contribution in [-0.4, -0.2) is 4.92 Å². The summed E-state index contributed by atoms with van der Waals surface area (Å²) >= 11 is 5.69. The quantitative estimate of drug-likeness (QED) is 0.569. The Morgan fingerprint density at radius 1 is 1.57 bits per heavy atom. The zero-order valence-electron chi connectivity index (χ0n) is 7.24. The van der Waals surface area contributed by atoms with Gasteiger partial charge in [0, 0.05) is 23.1 Å². The maximum Gasteiger partial charge on any atom is 0.272 e. The third-order valence-corrected chi connectivity index (χ3v) is 1.98. The average Bonchev–Trinajstić information content (AvgIpc) is 2.14. The molecule has 0 bridgehead atoms. The number of nitro benzene ring substituents is 1. The summed E-state index contributed by atoms with van der Waals surface area (Å²) < 4.78 is 0.